The molecule has 1 rings (SSSR count). The molecule has 4 nitrogen and oxygen atoms in total. The molecule has 4 heteroatoms. The van der Waals surface area contributed by atoms with Gasteiger partial charge in [0.2, 0.25) is 0 Å². The first kappa shape index (κ1) is 10.5. The van der Waals surface area contributed by atoms with Crippen molar-refractivity contribution >= 4 is 5.97 Å². The van der Waals surface area contributed by atoms with Crippen LogP contribution >= 0.6 is 0 Å². The highest BCUT2D eigenvalue weighted by atomic mass is 16.5. The number of unbranched alkanes of at least 4 members (excludes halogenated alkanes) is 1. The van der Waals surface area contributed by atoms with Crippen LogP contribution in [0.4, 0.5) is 0 Å². The van der Waals surface area contributed by atoms with Crippen molar-refractivity contribution in [1.29, 1.82) is 0 Å². The largest absolute Gasteiger partial charge is 0.480 e. The van der Waals surface area contributed by atoms with E-state index in [4.69, 9.17) is 9.84 Å². The average Bonchev–Trinajstić information content (AvgIpc) is 2.53. The highest BCUT2D eigenvalue weighted by molar-refractivity contribution is 5.73. The molecule has 13 heavy (non-hydrogen) atoms. The quantitative estimate of drug-likeness (QED) is 0.619. The molecule has 0 spiro atoms. The molecule has 1 aliphatic heterocycles. The van der Waals surface area contributed by atoms with Gasteiger partial charge in [-0.3, -0.25) is 4.79 Å². The summed E-state index contributed by atoms with van der Waals surface area (Å²) in [5.41, 5.74) is 0. The molecule has 0 radical (unpaired) electrons. The molecule has 0 saturated carbocycles. The molecule has 1 fully saturated rings. The van der Waals surface area contributed by atoms with Gasteiger partial charge >= 0.3 is 5.97 Å². The third-order valence-corrected chi connectivity index (χ3v) is 2.24. The topological polar surface area (TPSA) is 58.6 Å². The number of hydrogen-bond acceptors (Lipinski definition) is 3. The smallest absolute Gasteiger partial charge is 0.320 e. The van der Waals surface area contributed by atoms with Crippen molar-refractivity contribution in [2.45, 2.75) is 38.3 Å². The van der Waals surface area contributed by atoms with E-state index in [9.17, 15) is 4.79 Å². The summed E-state index contributed by atoms with van der Waals surface area (Å²) < 4.78 is 5.50. The molecule has 0 unspecified atom stereocenters. The zero-order chi connectivity index (χ0) is 9.68. The summed E-state index contributed by atoms with van der Waals surface area (Å²) in [4.78, 5) is 10.6. The summed E-state index contributed by atoms with van der Waals surface area (Å²) in [6.45, 7) is 3.52. The van der Waals surface area contributed by atoms with Gasteiger partial charge in [-0.15, -0.1) is 0 Å². The van der Waals surface area contributed by atoms with Crippen LogP contribution in [0.2, 0.25) is 0 Å². The predicted molar refractivity (Wildman–Crippen MR) is 48.7 cm³/mol. The number of ether oxygens (including phenoxy) is 1. The highest BCUT2D eigenvalue weighted by Crippen LogP contribution is 2.10. The van der Waals surface area contributed by atoms with Crippen molar-refractivity contribution in [3.05, 3.63) is 0 Å². The summed E-state index contributed by atoms with van der Waals surface area (Å²) in [5.74, 6) is -0.776. The second-order valence-electron chi connectivity index (χ2n) is 3.38. The Labute approximate surface area is 78.3 Å². The second-order valence-corrected chi connectivity index (χ2v) is 3.38. The van der Waals surface area contributed by atoms with E-state index < -0.39 is 12.0 Å². The van der Waals surface area contributed by atoms with Crippen LogP contribution in [0.1, 0.15) is 26.2 Å². The van der Waals surface area contributed by atoms with Gasteiger partial charge in [0.25, 0.3) is 0 Å². The van der Waals surface area contributed by atoms with Crippen molar-refractivity contribution < 1.29 is 14.6 Å². The Morgan fingerprint density at radius 3 is 3.00 bits per heavy atom. The van der Waals surface area contributed by atoms with Crippen molar-refractivity contribution in [3.8, 4) is 0 Å². The monoisotopic (exact) mass is 187 g/mol. The number of hydrogen-bond donors (Lipinski definition) is 2. The lowest BCUT2D eigenvalue weighted by Crippen LogP contribution is -2.29. The lowest BCUT2D eigenvalue weighted by molar-refractivity contribution is -0.139. The van der Waals surface area contributed by atoms with E-state index in [1.54, 1.807) is 0 Å². The molecule has 1 aliphatic rings. The van der Waals surface area contributed by atoms with Gasteiger partial charge in [-0.05, 0) is 6.42 Å². The molecule has 0 aliphatic carbocycles. The van der Waals surface area contributed by atoms with Crippen LogP contribution < -0.4 is 5.32 Å². The van der Waals surface area contributed by atoms with Gasteiger partial charge in [0.15, 0.2) is 0 Å². The van der Waals surface area contributed by atoms with E-state index in [0.29, 0.717) is 13.0 Å². The van der Waals surface area contributed by atoms with E-state index in [-0.39, 0.29) is 6.10 Å². The minimum Gasteiger partial charge on any atom is -0.480 e. The summed E-state index contributed by atoms with van der Waals surface area (Å²) in [5, 5.41) is 11.6. The Morgan fingerprint density at radius 1 is 1.69 bits per heavy atom. The lowest BCUT2D eigenvalue weighted by Gasteiger charge is -2.09. The van der Waals surface area contributed by atoms with E-state index in [0.717, 1.165) is 19.4 Å². The van der Waals surface area contributed by atoms with Crippen LogP contribution in [0.3, 0.4) is 0 Å². The first-order valence-electron chi connectivity index (χ1n) is 4.81. The SMILES string of the molecule is CCCCO[C@H]1CN[C@H](C(=O)O)C1. The molecule has 2 N–H and O–H groups in total. The number of aliphatic carboxylic acids is 1. The van der Waals surface area contributed by atoms with E-state index in [2.05, 4.69) is 12.2 Å². The molecule has 0 amide bonds. The normalized spacial score (nSPS) is 27.8. The number of carboxylic acid groups (broad SMARTS) is 1. The summed E-state index contributed by atoms with van der Waals surface area (Å²) >= 11 is 0. The standard InChI is InChI=1S/C9H17NO3/c1-2-3-4-13-7-5-8(9(11)12)10-6-7/h7-8,10H,2-6H2,1H3,(H,11,12)/t7-,8+/m1/s1. The molecule has 2 atom stereocenters. The van der Waals surface area contributed by atoms with Crippen LogP contribution in [0, 0.1) is 0 Å². The van der Waals surface area contributed by atoms with Crippen molar-refractivity contribution in [2.24, 2.45) is 0 Å². The van der Waals surface area contributed by atoms with E-state index in [1.807, 2.05) is 0 Å². The van der Waals surface area contributed by atoms with E-state index in [1.165, 1.54) is 0 Å². The van der Waals surface area contributed by atoms with Crippen LogP contribution in [0.5, 0.6) is 0 Å². The van der Waals surface area contributed by atoms with Crippen LogP contribution in [0.15, 0.2) is 0 Å². The van der Waals surface area contributed by atoms with Crippen LogP contribution in [0.25, 0.3) is 0 Å². The molecular formula is C9H17NO3. The summed E-state index contributed by atoms with van der Waals surface area (Å²) in [6, 6.07) is -0.411. The Morgan fingerprint density at radius 2 is 2.46 bits per heavy atom. The molecule has 1 heterocycles. The molecule has 1 saturated heterocycles. The first-order chi connectivity index (χ1) is 6.24. The van der Waals surface area contributed by atoms with Gasteiger partial charge < -0.3 is 15.2 Å². The Kier molecular flexibility index (Phi) is 4.18. The van der Waals surface area contributed by atoms with Crippen molar-refractivity contribution in [1.82, 2.24) is 5.32 Å². The maximum atomic E-state index is 10.6. The predicted octanol–water partition coefficient (Wildman–Crippen LogP) is 0.618. The molecule has 0 aromatic rings. The highest BCUT2D eigenvalue weighted by Gasteiger charge is 2.29. The maximum absolute atomic E-state index is 10.6. The molecule has 0 aromatic carbocycles. The van der Waals surface area contributed by atoms with Gasteiger partial charge in [0.1, 0.15) is 6.04 Å². The zero-order valence-electron chi connectivity index (χ0n) is 7.95. The fourth-order valence-electron chi connectivity index (χ4n) is 1.41. The minimum absolute atomic E-state index is 0.0904. The van der Waals surface area contributed by atoms with Crippen molar-refractivity contribution in [2.75, 3.05) is 13.2 Å². The molecule has 0 aromatic heterocycles. The fourth-order valence-corrected chi connectivity index (χ4v) is 1.41. The maximum Gasteiger partial charge on any atom is 0.320 e. The number of nitrogens with one attached hydrogen (secondary N) is 1. The summed E-state index contributed by atoms with van der Waals surface area (Å²) in [7, 11) is 0. The Hall–Kier alpha value is -0.610. The number of carbonyl (C=O) groups is 1. The third kappa shape index (κ3) is 3.32. The Balaban J connectivity index is 2.14. The Bertz CT molecular complexity index is 172. The number of carboxylic acids is 1. The minimum atomic E-state index is -0.776. The van der Waals surface area contributed by atoms with E-state index >= 15 is 0 Å². The van der Waals surface area contributed by atoms with Crippen LogP contribution in [-0.4, -0.2) is 36.4 Å². The average molecular weight is 187 g/mol. The number of rotatable bonds is 5. The lowest BCUT2D eigenvalue weighted by atomic mass is 10.2. The van der Waals surface area contributed by atoms with Crippen molar-refractivity contribution in [3.63, 3.8) is 0 Å². The van der Waals surface area contributed by atoms with Gasteiger partial charge in [0, 0.05) is 19.6 Å². The summed E-state index contributed by atoms with van der Waals surface area (Å²) in [6.07, 6.45) is 2.85. The van der Waals surface area contributed by atoms with Gasteiger partial charge in [-0.1, -0.05) is 13.3 Å². The fraction of sp³-hybridized carbons (Fsp3) is 0.889. The second kappa shape index (κ2) is 5.19. The first-order valence-corrected chi connectivity index (χ1v) is 4.81. The molecular weight excluding hydrogens is 170 g/mol. The van der Waals surface area contributed by atoms with Gasteiger partial charge in [-0.25, -0.2) is 0 Å². The van der Waals surface area contributed by atoms with Gasteiger partial charge in [0.05, 0.1) is 6.10 Å². The zero-order valence-corrected chi connectivity index (χ0v) is 7.95. The molecule has 0 bridgehead atoms. The van der Waals surface area contributed by atoms with Crippen LogP contribution in [-0.2, 0) is 9.53 Å². The third-order valence-electron chi connectivity index (χ3n) is 2.24. The molecule has 76 valence electrons. The van der Waals surface area contributed by atoms with Gasteiger partial charge in [-0.2, -0.15) is 0 Å².